The van der Waals surface area contributed by atoms with E-state index in [4.69, 9.17) is 27.6 Å². The molecule has 0 aliphatic rings. The Labute approximate surface area is 296 Å². The minimum atomic E-state index is -0.157. The van der Waals surface area contributed by atoms with Gasteiger partial charge in [-0.2, -0.15) is 0 Å². The summed E-state index contributed by atoms with van der Waals surface area (Å²) in [5.74, 6) is 1.51. The van der Waals surface area contributed by atoms with Gasteiger partial charge in [0.05, 0.1) is 24.9 Å². The maximum absolute atomic E-state index is 8.94. The molecule has 50 heavy (non-hydrogen) atoms. The number of para-hydroxylation sites is 3. The Hall–Kier alpha value is -6.85. The van der Waals surface area contributed by atoms with Crippen LogP contribution in [0.5, 0.6) is 0 Å². The molecule has 5 heteroatoms. The average molecular weight is 647 g/mol. The minimum Gasteiger partial charge on any atom is -0.454 e. The molecule has 0 bridgehead atoms. The largest absolute Gasteiger partial charge is 0.454 e. The Bertz CT molecular complexity index is 3220. The molecule has 0 atom stereocenters. The maximum Gasteiger partial charge on any atom is 0.164 e. The van der Waals surface area contributed by atoms with Gasteiger partial charge in [0.2, 0.25) is 0 Å². The average Bonchev–Trinajstić information content (AvgIpc) is 3.80. The van der Waals surface area contributed by atoms with Crippen LogP contribution >= 0.6 is 0 Å². The van der Waals surface area contributed by atoms with E-state index in [0.717, 1.165) is 33.0 Å². The summed E-state index contributed by atoms with van der Waals surface area (Å²) in [7, 11) is 0. The van der Waals surface area contributed by atoms with E-state index in [1.165, 1.54) is 12.1 Å². The van der Waals surface area contributed by atoms with Gasteiger partial charge in [0.15, 0.2) is 23.1 Å². The Morgan fingerprint density at radius 3 is 1.88 bits per heavy atom. The van der Waals surface area contributed by atoms with Crippen molar-refractivity contribution >= 4 is 43.7 Å². The van der Waals surface area contributed by atoms with E-state index in [-0.39, 0.29) is 58.1 Å². The van der Waals surface area contributed by atoms with Crippen LogP contribution in [0.2, 0.25) is 0 Å². The lowest BCUT2D eigenvalue weighted by Gasteiger charge is -2.09. The molecule has 0 unspecified atom stereocenters. The highest BCUT2D eigenvalue weighted by molar-refractivity contribution is 6.13. The smallest absolute Gasteiger partial charge is 0.164 e. The Balaban J connectivity index is 1.18. The van der Waals surface area contributed by atoms with Gasteiger partial charge in [-0.3, -0.25) is 0 Å². The third-order valence-corrected chi connectivity index (χ3v) is 9.00. The van der Waals surface area contributed by atoms with Gasteiger partial charge in [-0.05, 0) is 47.5 Å². The first-order chi connectivity index (χ1) is 27.2. The third kappa shape index (κ3) is 4.60. The van der Waals surface area contributed by atoms with Crippen molar-refractivity contribution in [2.45, 2.75) is 0 Å². The molecule has 0 saturated carbocycles. The number of hydrogen-bond donors (Lipinski definition) is 0. The first-order valence-corrected chi connectivity index (χ1v) is 16.2. The topological polar surface area (TPSA) is 56.7 Å². The lowest BCUT2D eigenvalue weighted by molar-refractivity contribution is 0.666. The van der Waals surface area contributed by atoms with Crippen LogP contribution in [0.4, 0.5) is 0 Å². The minimum absolute atomic E-state index is 0.0351. The van der Waals surface area contributed by atoms with Crippen LogP contribution in [0.1, 0.15) is 8.22 Å². The number of nitrogens with zero attached hydrogens (tertiary/aromatic N) is 4. The molecule has 0 N–H and O–H groups in total. The maximum atomic E-state index is 8.94. The number of aromatic nitrogens is 4. The number of benzene rings is 7. The van der Waals surface area contributed by atoms with Gasteiger partial charge < -0.3 is 8.98 Å². The number of furan rings is 1. The molecule has 0 aliphatic heterocycles. The quantitative estimate of drug-likeness (QED) is 0.187. The van der Waals surface area contributed by atoms with E-state index in [9.17, 15) is 0 Å². The summed E-state index contributed by atoms with van der Waals surface area (Å²) in [5.41, 5.74) is 6.49. The molecule has 0 fully saturated rings. The molecular formula is C45H28N4O. The van der Waals surface area contributed by atoms with Crippen LogP contribution in [0.15, 0.2) is 174 Å². The zero-order chi connectivity index (χ0) is 38.2. The Morgan fingerprint density at radius 1 is 0.440 bits per heavy atom. The normalized spacial score (nSPS) is 13.3. The Kier molecular flexibility index (Phi) is 5.17. The van der Waals surface area contributed by atoms with E-state index < -0.39 is 0 Å². The summed E-state index contributed by atoms with van der Waals surface area (Å²) < 4.78 is 60.6. The van der Waals surface area contributed by atoms with Crippen LogP contribution in [0.3, 0.4) is 0 Å². The van der Waals surface area contributed by atoms with Gasteiger partial charge >= 0.3 is 0 Å². The van der Waals surface area contributed by atoms with E-state index >= 15 is 0 Å². The second kappa shape index (κ2) is 11.4. The van der Waals surface area contributed by atoms with Crippen LogP contribution < -0.4 is 0 Å². The summed E-state index contributed by atoms with van der Waals surface area (Å²) >= 11 is 0. The fourth-order valence-corrected chi connectivity index (χ4v) is 6.67. The predicted molar refractivity (Wildman–Crippen MR) is 203 cm³/mol. The second-order valence-corrected chi connectivity index (χ2v) is 12.0. The fraction of sp³-hybridized carbons (Fsp3) is 0. The molecule has 5 nitrogen and oxygen atoms in total. The van der Waals surface area contributed by atoms with Crippen molar-refractivity contribution < 1.29 is 12.6 Å². The van der Waals surface area contributed by atoms with E-state index in [1.54, 1.807) is 10.6 Å². The first kappa shape index (κ1) is 22.7. The highest BCUT2D eigenvalue weighted by Gasteiger charge is 2.19. The van der Waals surface area contributed by atoms with Crippen LogP contribution in [0, 0.1) is 0 Å². The zero-order valence-electron chi connectivity index (χ0n) is 32.4. The van der Waals surface area contributed by atoms with E-state index in [0.29, 0.717) is 39.9 Å². The molecule has 0 spiro atoms. The number of fused-ring (bicyclic) bond motifs is 6. The van der Waals surface area contributed by atoms with E-state index in [1.807, 2.05) is 91.0 Å². The molecule has 0 radical (unpaired) electrons. The van der Waals surface area contributed by atoms with Crippen molar-refractivity contribution in [3.8, 4) is 51.0 Å². The first-order valence-electron chi connectivity index (χ1n) is 19.2. The predicted octanol–water partition coefficient (Wildman–Crippen LogP) is 11.5. The SMILES string of the molecule is [2H]c1cc([2H])c2c(c1[2H])c1c([2H])cc([2H])c([2H])c1n2-c1cccc2c1oc1cc(-c3nc(-c4ccccc4)nc(-c4cccc(-c5ccccc5)c4)n3)ccc12. The molecule has 10 aromatic rings. The number of hydrogen-bond acceptors (Lipinski definition) is 4. The summed E-state index contributed by atoms with van der Waals surface area (Å²) in [6, 6.07) is 41.3. The second-order valence-electron chi connectivity index (χ2n) is 12.0. The van der Waals surface area contributed by atoms with Gasteiger partial charge in [0.25, 0.3) is 0 Å². The molecule has 10 rings (SSSR count). The van der Waals surface area contributed by atoms with Crippen LogP contribution in [-0.4, -0.2) is 19.5 Å². The third-order valence-electron chi connectivity index (χ3n) is 9.00. The monoisotopic (exact) mass is 646 g/mol. The van der Waals surface area contributed by atoms with Gasteiger partial charge in [0, 0.05) is 38.2 Å². The highest BCUT2D eigenvalue weighted by Crippen LogP contribution is 2.39. The number of rotatable bonds is 5. The summed E-state index contributed by atoms with van der Waals surface area (Å²) in [5, 5.41) is 2.06. The van der Waals surface area contributed by atoms with Gasteiger partial charge in [-0.15, -0.1) is 0 Å². The standard InChI is InChI=1S/C45H28N4O/c1-3-13-29(14-4-1)31-17-11-18-32(27-31)44-46-43(30-15-5-2-6-16-30)47-45(48-44)33-25-26-36-37-21-12-24-40(42(37)50-41(36)28-33)49-38-22-9-7-19-34(38)35-20-8-10-23-39(35)49/h1-28H/i7D,10D,19D,20D,22D,23D. The van der Waals surface area contributed by atoms with Crippen molar-refractivity contribution in [1.82, 2.24) is 19.5 Å². The van der Waals surface area contributed by atoms with Crippen molar-refractivity contribution in [2.75, 3.05) is 0 Å². The van der Waals surface area contributed by atoms with Crippen LogP contribution in [-0.2, 0) is 0 Å². The molecule has 0 saturated heterocycles. The van der Waals surface area contributed by atoms with Gasteiger partial charge in [-0.1, -0.05) is 133 Å². The molecule has 3 aromatic heterocycles. The summed E-state index contributed by atoms with van der Waals surface area (Å²) in [6.07, 6.45) is 0. The highest BCUT2D eigenvalue weighted by atomic mass is 16.3. The summed E-state index contributed by atoms with van der Waals surface area (Å²) in [6.45, 7) is 0. The molecule has 0 aliphatic carbocycles. The summed E-state index contributed by atoms with van der Waals surface area (Å²) in [4.78, 5) is 14.9. The van der Waals surface area contributed by atoms with Crippen LogP contribution in [0.25, 0.3) is 94.7 Å². The van der Waals surface area contributed by atoms with Crippen molar-refractivity contribution in [3.05, 3.63) is 170 Å². The fourth-order valence-electron chi connectivity index (χ4n) is 6.67. The van der Waals surface area contributed by atoms with E-state index in [2.05, 4.69) is 24.3 Å². The Morgan fingerprint density at radius 2 is 1.06 bits per heavy atom. The van der Waals surface area contributed by atoms with Gasteiger partial charge in [0.1, 0.15) is 5.58 Å². The lowest BCUT2D eigenvalue weighted by Crippen LogP contribution is -2.00. The van der Waals surface area contributed by atoms with Crippen molar-refractivity contribution in [2.24, 2.45) is 0 Å². The molecule has 0 amide bonds. The van der Waals surface area contributed by atoms with Gasteiger partial charge in [-0.25, -0.2) is 15.0 Å². The molecule has 3 heterocycles. The lowest BCUT2D eigenvalue weighted by atomic mass is 10.0. The van der Waals surface area contributed by atoms with Crippen molar-refractivity contribution in [3.63, 3.8) is 0 Å². The zero-order valence-corrected chi connectivity index (χ0v) is 26.4. The molecule has 234 valence electrons. The molecule has 7 aromatic carbocycles. The van der Waals surface area contributed by atoms with Crippen molar-refractivity contribution in [1.29, 1.82) is 0 Å². The molecular weight excluding hydrogens is 613 g/mol.